The first kappa shape index (κ1) is 25.2. The van der Waals surface area contributed by atoms with Crippen LogP contribution in [0.1, 0.15) is 37.3 Å². The van der Waals surface area contributed by atoms with E-state index in [1.807, 2.05) is 24.3 Å². The number of aliphatic carboxylic acids is 1. The van der Waals surface area contributed by atoms with Gasteiger partial charge in [-0.05, 0) is 29.2 Å². The van der Waals surface area contributed by atoms with E-state index in [-0.39, 0.29) is 37.9 Å². The summed E-state index contributed by atoms with van der Waals surface area (Å²) in [6, 6.07) is 16.2. The predicted molar refractivity (Wildman–Crippen MR) is 128 cm³/mol. The molecule has 0 fully saturated rings. The molecular formula is C26H32N2O6. The summed E-state index contributed by atoms with van der Waals surface area (Å²) in [6.07, 6.45) is -1.09. The van der Waals surface area contributed by atoms with Crippen LogP contribution in [0.15, 0.2) is 48.5 Å². The SMILES string of the molecule is CCOC(CNC(=O)OCC1c2ccccc2-c2ccccc21)CC(=O)N(C)CC(C)C(=O)O. The van der Waals surface area contributed by atoms with Gasteiger partial charge in [0.05, 0.1) is 18.4 Å². The molecule has 0 heterocycles. The zero-order chi connectivity index (χ0) is 24.7. The number of carbonyl (C=O) groups is 3. The highest BCUT2D eigenvalue weighted by Gasteiger charge is 2.29. The molecule has 8 nitrogen and oxygen atoms in total. The van der Waals surface area contributed by atoms with Gasteiger partial charge in [0.2, 0.25) is 5.91 Å². The van der Waals surface area contributed by atoms with Crippen molar-refractivity contribution in [2.24, 2.45) is 5.92 Å². The number of nitrogens with zero attached hydrogens (tertiary/aromatic N) is 1. The number of nitrogens with one attached hydrogen (secondary N) is 1. The minimum Gasteiger partial charge on any atom is -0.481 e. The summed E-state index contributed by atoms with van der Waals surface area (Å²) >= 11 is 0. The number of benzene rings is 2. The number of ether oxygens (including phenoxy) is 2. The van der Waals surface area contributed by atoms with E-state index in [2.05, 4.69) is 29.6 Å². The van der Waals surface area contributed by atoms with Crippen molar-refractivity contribution in [3.05, 3.63) is 59.7 Å². The topological polar surface area (TPSA) is 105 Å². The first-order valence-electron chi connectivity index (χ1n) is 11.5. The van der Waals surface area contributed by atoms with E-state index in [0.717, 1.165) is 22.3 Å². The number of carbonyl (C=O) groups excluding carboxylic acids is 2. The molecular weight excluding hydrogens is 436 g/mol. The maximum absolute atomic E-state index is 12.5. The fraction of sp³-hybridized carbons (Fsp3) is 0.423. The second kappa shape index (κ2) is 11.7. The molecule has 0 bridgehead atoms. The lowest BCUT2D eigenvalue weighted by Crippen LogP contribution is -2.40. The van der Waals surface area contributed by atoms with Crippen LogP contribution in [-0.4, -0.2) is 67.4 Å². The summed E-state index contributed by atoms with van der Waals surface area (Å²) in [5, 5.41) is 11.7. The standard InChI is InChI=1S/C26H32N2O6/c1-4-33-18(13-24(29)28(3)15-17(2)25(30)31)14-27-26(32)34-16-23-21-11-7-5-9-19(21)20-10-6-8-12-22(20)23/h5-12,17-18,23H,4,13-16H2,1-3H3,(H,27,32)(H,30,31). The number of fused-ring (bicyclic) bond motifs is 3. The van der Waals surface area contributed by atoms with Crippen LogP contribution in [0.3, 0.4) is 0 Å². The van der Waals surface area contributed by atoms with Crippen LogP contribution in [0.25, 0.3) is 11.1 Å². The molecule has 2 unspecified atom stereocenters. The van der Waals surface area contributed by atoms with Crippen LogP contribution < -0.4 is 5.32 Å². The first-order valence-corrected chi connectivity index (χ1v) is 11.5. The van der Waals surface area contributed by atoms with E-state index in [9.17, 15) is 14.4 Å². The monoisotopic (exact) mass is 468 g/mol. The normalized spacial score (nSPS) is 14.0. The molecule has 2 atom stereocenters. The number of hydrogen-bond donors (Lipinski definition) is 2. The smallest absolute Gasteiger partial charge is 0.407 e. The second-order valence-corrected chi connectivity index (χ2v) is 8.50. The Balaban J connectivity index is 1.52. The number of carboxylic acid groups (broad SMARTS) is 1. The maximum atomic E-state index is 12.5. The summed E-state index contributed by atoms with van der Waals surface area (Å²) < 4.78 is 11.1. The molecule has 2 amide bonds. The Morgan fingerprint density at radius 3 is 2.21 bits per heavy atom. The largest absolute Gasteiger partial charge is 0.481 e. The molecule has 34 heavy (non-hydrogen) atoms. The van der Waals surface area contributed by atoms with Crippen molar-refractivity contribution in [2.75, 3.05) is 33.4 Å². The number of carboxylic acids is 1. The molecule has 0 radical (unpaired) electrons. The number of hydrogen-bond acceptors (Lipinski definition) is 5. The van der Waals surface area contributed by atoms with Crippen molar-refractivity contribution in [1.82, 2.24) is 10.2 Å². The zero-order valence-electron chi connectivity index (χ0n) is 19.8. The van der Waals surface area contributed by atoms with Gasteiger partial charge in [-0.3, -0.25) is 9.59 Å². The van der Waals surface area contributed by atoms with E-state index in [1.165, 1.54) is 4.90 Å². The highest BCUT2D eigenvalue weighted by molar-refractivity contribution is 5.79. The Morgan fingerprint density at radius 2 is 1.65 bits per heavy atom. The van der Waals surface area contributed by atoms with E-state index in [1.54, 1.807) is 20.9 Å². The minimum absolute atomic E-state index is 0.0281. The third-order valence-corrected chi connectivity index (χ3v) is 6.02. The predicted octanol–water partition coefficient (Wildman–Crippen LogP) is 3.50. The third kappa shape index (κ3) is 6.14. The molecule has 1 aliphatic rings. The average molecular weight is 469 g/mol. The third-order valence-electron chi connectivity index (χ3n) is 6.02. The summed E-state index contributed by atoms with van der Waals surface area (Å²) in [5.41, 5.74) is 4.58. The molecule has 182 valence electrons. The molecule has 0 saturated carbocycles. The lowest BCUT2D eigenvalue weighted by molar-refractivity contribution is -0.143. The number of alkyl carbamates (subject to hydrolysis) is 1. The van der Waals surface area contributed by atoms with Crippen molar-refractivity contribution in [3.63, 3.8) is 0 Å². The summed E-state index contributed by atoms with van der Waals surface area (Å²) in [5.74, 6) is -1.91. The van der Waals surface area contributed by atoms with Crippen molar-refractivity contribution in [2.45, 2.75) is 32.3 Å². The Bertz CT molecular complexity index is 978. The van der Waals surface area contributed by atoms with Crippen molar-refractivity contribution in [3.8, 4) is 11.1 Å². The molecule has 0 aliphatic heterocycles. The highest BCUT2D eigenvalue weighted by Crippen LogP contribution is 2.44. The Hall–Kier alpha value is -3.39. The first-order chi connectivity index (χ1) is 16.3. The molecule has 0 saturated heterocycles. The molecule has 8 heteroatoms. The molecule has 2 aromatic rings. The van der Waals surface area contributed by atoms with Gasteiger partial charge in [-0.15, -0.1) is 0 Å². The summed E-state index contributed by atoms with van der Waals surface area (Å²) in [6.45, 7) is 4.14. The number of rotatable bonds is 11. The van der Waals surface area contributed by atoms with Gasteiger partial charge in [0.1, 0.15) is 6.61 Å². The fourth-order valence-corrected chi connectivity index (χ4v) is 4.21. The van der Waals surface area contributed by atoms with Crippen LogP contribution in [0.5, 0.6) is 0 Å². The highest BCUT2D eigenvalue weighted by atomic mass is 16.5. The van der Waals surface area contributed by atoms with Gasteiger partial charge in [-0.2, -0.15) is 0 Å². The lowest BCUT2D eigenvalue weighted by Gasteiger charge is -2.23. The van der Waals surface area contributed by atoms with Crippen LogP contribution in [-0.2, 0) is 19.1 Å². The molecule has 2 N–H and O–H groups in total. The van der Waals surface area contributed by atoms with Gasteiger partial charge in [0, 0.05) is 32.7 Å². The Kier molecular flexibility index (Phi) is 8.65. The Labute approximate surface area is 199 Å². The molecule has 0 aromatic heterocycles. The van der Waals surface area contributed by atoms with Gasteiger partial charge < -0.3 is 24.8 Å². The second-order valence-electron chi connectivity index (χ2n) is 8.50. The van der Waals surface area contributed by atoms with Crippen molar-refractivity contribution >= 4 is 18.0 Å². The minimum atomic E-state index is -0.960. The van der Waals surface area contributed by atoms with Gasteiger partial charge in [0.25, 0.3) is 0 Å². The Morgan fingerprint density at radius 1 is 1.06 bits per heavy atom. The van der Waals surface area contributed by atoms with E-state index >= 15 is 0 Å². The number of amides is 2. The van der Waals surface area contributed by atoms with Gasteiger partial charge >= 0.3 is 12.1 Å². The fourth-order valence-electron chi connectivity index (χ4n) is 4.21. The molecule has 3 rings (SSSR count). The van der Waals surface area contributed by atoms with E-state index < -0.39 is 24.1 Å². The van der Waals surface area contributed by atoms with Gasteiger partial charge in [0.15, 0.2) is 0 Å². The van der Waals surface area contributed by atoms with Crippen LogP contribution in [0.2, 0.25) is 0 Å². The lowest BCUT2D eigenvalue weighted by atomic mass is 9.98. The quantitative estimate of drug-likeness (QED) is 0.523. The van der Waals surface area contributed by atoms with Gasteiger partial charge in [-0.25, -0.2) is 4.79 Å². The van der Waals surface area contributed by atoms with Gasteiger partial charge in [-0.1, -0.05) is 55.5 Å². The van der Waals surface area contributed by atoms with E-state index in [4.69, 9.17) is 14.6 Å². The van der Waals surface area contributed by atoms with Crippen LogP contribution in [0, 0.1) is 5.92 Å². The van der Waals surface area contributed by atoms with E-state index in [0.29, 0.717) is 6.61 Å². The maximum Gasteiger partial charge on any atom is 0.407 e. The summed E-state index contributed by atoms with van der Waals surface area (Å²) in [4.78, 5) is 37.3. The molecule has 0 spiro atoms. The molecule has 2 aromatic carbocycles. The average Bonchev–Trinajstić information content (AvgIpc) is 3.14. The summed E-state index contributed by atoms with van der Waals surface area (Å²) in [7, 11) is 1.56. The molecule has 1 aliphatic carbocycles. The van der Waals surface area contributed by atoms with Crippen molar-refractivity contribution < 1.29 is 29.0 Å². The van der Waals surface area contributed by atoms with Crippen LogP contribution in [0.4, 0.5) is 4.79 Å². The van der Waals surface area contributed by atoms with Crippen molar-refractivity contribution in [1.29, 1.82) is 0 Å². The zero-order valence-corrected chi connectivity index (χ0v) is 19.8. The van der Waals surface area contributed by atoms with Crippen LogP contribution >= 0.6 is 0 Å².